The summed E-state index contributed by atoms with van der Waals surface area (Å²) in [5.41, 5.74) is 0.641. The topological polar surface area (TPSA) is 115 Å². The molecule has 0 aliphatic carbocycles. The van der Waals surface area contributed by atoms with Gasteiger partial charge in [0.1, 0.15) is 16.0 Å². The number of anilines is 1. The van der Waals surface area contributed by atoms with Crippen LogP contribution in [-0.2, 0) is 14.8 Å². The number of hydrogen-bond donors (Lipinski definition) is 1. The van der Waals surface area contributed by atoms with E-state index in [0.717, 1.165) is 17.8 Å². The Morgan fingerprint density at radius 3 is 2.90 bits per heavy atom. The summed E-state index contributed by atoms with van der Waals surface area (Å²) in [6, 6.07) is 9.38. The van der Waals surface area contributed by atoms with Crippen molar-refractivity contribution in [1.29, 1.82) is 0 Å². The highest BCUT2D eigenvalue weighted by molar-refractivity contribution is 7.91. The molecule has 158 valence electrons. The highest BCUT2D eigenvalue weighted by atomic mass is 32.2. The van der Waals surface area contributed by atoms with E-state index in [1.165, 1.54) is 4.31 Å². The van der Waals surface area contributed by atoms with Crippen LogP contribution in [0.15, 0.2) is 50.4 Å². The normalized spacial score (nSPS) is 17.6. The number of aromatic nitrogens is 2. The molecule has 1 aromatic carbocycles. The number of carbonyl (C=O) groups excluding carboxylic acids is 1. The standard InChI is InChI=1S/C19H20N4O5S2/c1-27-14-7-4-6-13(12-14)18-21-22-19(28-18)20-17(24)15-8-2-3-10-23(15)30(25,26)16-9-5-11-29-16/h4-7,9,11-12,15H,2-3,8,10H2,1H3,(H,20,22,24)/t15-/m0/s1. The van der Waals surface area contributed by atoms with Gasteiger partial charge in [-0.1, -0.05) is 23.7 Å². The second-order valence-corrected chi connectivity index (χ2v) is 9.76. The molecular weight excluding hydrogens is 428 g/mol. The van der Waals surface area contributed by atoms with E-state index in [-0.39, 0.29) is 22.7 Å². The minimum absolute atomic E-state index is 0.0862. The Bertz CT molecular complexity index is 1130. The molecule has 1 N–H and O–H groups in total. The van der Waals surface area contributed by atoms with Crippen LogP contribution in [0.4, 0.5) is 6.01 Å². The van der Waals surface area contributed by atoms with Crippen molar-refractivity contribution < 1.29 is 22.4 Å². The number of ether oxygens (including phenoxy) is 1. The number of amides is 1. The Hall–Kier alpha value is -2.76. The number of nitrogens with one attached hydrogen (secondary N) is 1. The number of nitrogens with zero attached hydrogens (tertiary/aromatic N) is 3. The maximum atomic E-state index is 13.0. The van der Waals surface area contributed by atoms with E-state index < -0.39 is 22.0 Å². The minimum atomic E-state index is -3.74. The summed E-state index contributed by atoms with van der Waals surface area (Å²) in [6.45, 7) is 0.289. The van der Waals surface area contributed by atoms with Crippen LogP contribution in [0.2, 0.25) is 0 Å². The van der Waals surface area contributed by atoms with E-state index in [1.54, 1.807) is 48.9 Å². The lowest BCUT2D eigenvalue weighted by atomic mass is 10.0. The monoisotopic (exact) mass is 448 g/mol. The summed E-state index contributed by atoms with van der Waals surface area (Å²) in [5, 5.41) is 12.1. The lowest BCUT2D eigenvalue weighted by Crippen LogP contribution is -2.49. The average molecular weight is 449 g/mol. The molecule has 0 bridgehead atoms. The van der Waals surface area contributed by atoms with Crippen LogP contribution in [-0.4, -0.2) is 48.5 Å². The maximum Gasteiger partial charge on any atom is 0.322 e. The molecule has 0 saturated carbocycles. The number of sulfonamides is 1. The first kappa shape index (κ1) is 20.5. The number of carbonyl (C=O) groups is 1. The SMILES string of the molecule is COc1cccc(-c2nnc(NC(=O)[C@@H]3CCCCN3S(=O)(=O)c3cccs3)o2)c1. The molecule has 3 heterocycles. The van der Waals surface area contributed by atoms with Crippen LogP contribution in [0.3, 0.4) is 0 Å². The first-order chi connectivity index (χ1) is 14.5. The molecule has 1 fully saturated rings. The van der Waals surface area contributed by atoms with Gasteiger partial charge in [-0.2, -0.15) is 4.31 Å². The van der Waals surface area contributed by atoms with Crippen molar-refractivity contribution in [3.8, 4) is 17.2 Å². The van der Waals surface area contributed by atoms with Crippen molar-refractivity contribution in [2.45, 2.75) is 29.5 Å². The average Bonchev–Trinajstić information content (AvgIpc) is 3.46. The second-order valence-electron chi connectivity index (χ2n) is 6.69. The molecule has 1 amide bonds. The first-order valence-electron chi connectivity index (χ1n) is 9.33. The van der Waals surface area contributed by atoms with E-state index in [2.05, 4.69) is 15.5 Å². The summed E-state index contributed by atoms with van der Waals surface area (Å²) < 4.78 is 38.1. The predicted octanol–water partition coefficient (Wildman–Crippen LogP) is 2.99. The van der Waals surface area contributed by atoms with Gasteiger partial charge in [-0.05, 0) is 42.5 Å². The van der Waals surface area contributed by atoms with Crippen molar-refractivity contribution in [3.63, 3.8) is 0 Å². The van der Waals surface area contributed by atoms with Crippen LogP contribution in [0.25, 0.3) is 11.5 Å². The summed E-state index contributed by atoms with van der Waals surface area (Å²) >= 11 is 1.13. The zero-order valence-electron chi connectivity index (χ0n) is 16.1. The van der Waals surface area contributed by atoms with Crippen LogP contribution in [0.1, 0.15) is 19.3 Å². The Morgan fingerprint density at radius 1 is 1.27 bits per heavy atom. The zero-order chi connectivity index (χ0) is 21.1. The van der Waals surface area contributed by atoms with Crippen LogP contribution >= 0.6 is 11.3 Å². The molecule has 2 aromatic heterocycles. The smallest absolute Gasteiger partial charge is 0.322 e. The molecule has 9 nitrogen and oxygen atoms in total. The number of hydrogen-bond acceptors (Lipinski definition) is 8. The van der Waals surface area contributed by atoms with Crippen molar-refractivity contribution >= 4 is 33.3 Å². The van der Waals surface area contributed by atoms with Gasteiger partial charge in [0.2, 0.25) is 11.8 Å². The highest BCUT2D eigenvalue weighted by Gasteiger charge is 2.38. The third-order valence-corrected chi connectivity index (χ3v) is 8.07. The highest BCUT2D eigenvalue weighted by Crippen LogP contribution is 2.29. The Morgan fingerprint density at radius 2 is 2.13 bits per heavy atom. The predicted molar refractivity (Wildman–Crippen MR) is 111 cm³/mol. The summed E-state index contributed by atoms with van der Waals surface area (Å²) in [7, 11) is -2.19. The van der Waals surface area contributed by atoms with E-state index in [4.69, 9.17) is 9.15 Å². The number of benzene rings is 1. The molecular formula is C19H20N4O5S2. The quantitative estimate of drug-likeness (QED) is 0.616. The van der Waals surface area contributed by atoms with Crippen molar-refractivity contribution in [2.24, 2.45) is 0 Å². The van der Waals surface area contributed by atoms with E-state index in [9.17, 15) is 13.2 Å². The van der Waals surface area contributed by atoms with E-state index >= 15 is 0 Å². The fourth-order valence-corrected chi connectivity index (χ4v) is 6.09. The number of thiophene rings is 1. The molecule has 0 radical (unpaired) electrons. The largest absolute Gasteiger partial charge is 0.497 e. The summed E-state index contributed by atoms with van der Waals surface area (Å²) in [6.07, 6.45) is 1.88. The Balaban J connectivity index is 1.52. The van der Waals surface area contributed by atoms with E-state index in [0.29, 0.717) is 24.2 Å². The van der Waals surface area contributed by atoms with Gasteiger partial charge in [0, 0.05) is 12.1 Å². The van der Waals surface area contributed by atoms with Gasteiger partial charge in [0.15, 0.2) is 0 Å². The Labute approximate surface area is 177 Å². The molecule has 3 aromatic rings. The van der Waals surface area contributed by atoms with Crippen LogP contribution in [0.5, 0.6) is 5.75 Å². The van der Waals surface area contributed by atoms with E-state index in [1.807, 2.05) is 0 Å². The van der Waals surface area contributed by atoms with Gasteiger partial charge in [0.25, 0.3) is 10.0 Å². The van der Waals surface area contributed by atoms with Gasteiger partial charge in [-0.25, -0.2) is 8.42 Å². The number of piperidine rings is 1. The summed E-state index contributed by atoms with van der Waals surface area (Å²) in [5.74, 6) is 0.361. The molecule has 0 spiro atoms. The van der Waals surface area contributed by atoms with Gasteiger partial charge < -0.3 is 9.15 Å². The van der Waals surface area contributed by atoms with Crippen molar-refractivity contribution in [1.82, 2.24) is 14.5 Å². The first-order valence-corrected chi connectivity index (χ1v) is 11.6. The van der Waals surface area contributed by atoms with Gasteiger partial charge in [0.05, 0.1) is 7.11 Å². The molecule has 1 aliphatic heterocycles. The second kappa shape index (κ2) is 8.54. The molecule has 4 rings (SSSR count). The third kappa shape index (κ3) is 4.09. The number of rotatable bonds is 6. The Kier molecular flexibility index (Phi) is 5.84. The zero-order valence-corrected chi connectivity index (χ0v) is 17.8. The molecule has 11 heteroatoms. The lowest BCUT2D eigenvalue weighted by Gasteiger charge is -2.32. The van der Waals surface area contributed by atoms with Gasteiger partial charge in [-0.3, -0.25) is 10.1 Å². The maximum absolute atomic E-state index is 13.0. The summed E-state index contributed by atoms with van der Waals surface area (Å²) in [4.78, 5) is 12.9. The van der Waals surface area contributed by atoms with Crippen molar-refractivity contribution in [2.75, 3.05) is 19.0 Å². The molecule has 0 unspecified atom stereocenters. The molecule has 1 aliphatic rings. The van der Waals surface area contributed by atoms with Crippen LogP contribution in [0, 0.1) is 0 Å². The van der Waals surface area contributed by atoms with Gasteiger partial charge >= 0.3 is 6.01 Å². The van der Waals surface area contributed by atoms with Crippen LogP contribution < -0.4 is 10.1 Å². The van der Waals surface area contributed by atoms with Crippen molar-refractivity contribution in [3.05, 3.63) is 41.8 Å². The molecule has 1 atom stereocenters. The fraction of sp³-hybridized carbons (Fsp3) is 0.316. The minimum Gasteiger partial charge on any atom is -0.497 e. The van der Waals surface area contributed by atoms with Gasteiger partial charge in [-0.15, -0.1) is 16.4 Å². The number of methoxy groups -OCH3 is 1. The third-order valence-electron chi connectivity index (χ3n) is 4.79. The lowest BCUT2D eigenvalue weighted by molar-refractivity contribution is -0.120. The molecule has 1 saturated heterocycles. The fourth-order valence-electron chi connectivity index (χ4n) is 3.32. The molecule has 30 heavy (non-hydrogen) atoms.